The van der Waals surface area contributed by atoms with Crippen LogP contribution in [0.15, 0.2) is 9.59 Å². The maximum absolute atomic E-state index is 12.4. The molecule has 2 aromatic heterocycles. The van der Waals surface area contributed by atoms with Gasteiger partial charge in [0.15, 0.2) is 11.2 Å². The van der Waals surface area contributed by atoms with Crippen LogP contribution < -0.4 is 16.1 Å². The van der Waals surface area contributed by atoms with Gasteiger partial charge in [0.2, 0.25) is 5.95 Å². The lowest BCUT2D eigenvalue weighted by Gasteiger charge is -2.27. The highest BCUT2D eigenvalue weighted by Gasteiger charge is 2.22. The molecule has 0 aliphatic carbocycles. The third-order valence-corrected chi connectivity index (χ3v) is 4.28. The first-order chi connectivity index (χ1) is 10.1. The first-order valence-corrected chi connectivity index (χ1v) is 7.47. The molecule has 1 saturated heterocycles. The van der Waals surface area contributed by atoms with Crippen LogP contribution in [-0.2, 0) is 20.6 Å². The number of anilines is 1. The Balaban J connectivity index is 2.32. The van der Waals surface area contributed by atoms with Crippen molar-refractivity contribution in [2.24, 2.45) is 14.1 Å². The fraction of sp³-hybridized carbons (Fsp3) is 0.643. The van der Waals surface area contributed by atoms with Gasteiger partial charge in [0.05, 0.1) is 0 Å². The molecule has 1 aliphatic heterocycles. The Hall–Kier alpha value is -2.05. The number of aryl methyl sites for hydroxylation is 2. The maximum Gasteiger partial charge on any atom is 0.332 e. The van der Waals surface area contributed by atoms with Crippen LogP contribution in [0.2, 0.25) is 0 Å². The Morgan fingerprint density at radius 2 is 1.71 bits per heavy atom. The standard InChI is InChI=1S/C14H21N5O2/c1-4-19-10-11(16(2)14(21)17(3)12(10)20)15-13(19)18-8-6-5-7-9-18/h4-9H2,1-3H3. The van der Waals surface area contributed by atoms with E-state index in [1.54, 1.807) is 7.05 Å². The summed E-state index contributed by atoms with van der Waals surface area (Å²) in [4.78, 5) is 31.3. The van der Waals surface area contributed by atoms with E-state index in [0.29, 0.717) is 17.7 Å². The number of piperidine rings is 1. The van der Waals surface area contributed by atoms with Gasteiger partial charge in [-0.3, -0.25) is 13.9 Å². The van der Waals surface area contributed by atoms with E-state index in [1.165, 1.54) is 18.0 Å². The fourth-order valence-electron chi connectivity index (χ4n) is 3.07. The lowest BCUT2D eigenvalue weighted by atomic mass is 10.1. The van der Waals surface area contributed by atoms with Crippen molar-refractivity contribution in [2.75, 3.05) is 18.0 Å². The maximum atomic E-state index is 12.4. The zero-order chi connectivity index (χ0) is 15.1. The van der Waals surface area contributed by atoms with Crippen LogP contribution >= 0.6 is 0 Å². The van der Waals surface area contributed by atoms with Gasteiger partial charge in [0, 0.05) is 33.7 Å². The molecule has 7 heteroatoms. The molecule has 21 heavy (non-hydrogen) atoms. The highest BCUT2D eigenvalue weighted by Crippen LogP contribution is 2.22. The van der Waals surface area contributed by atoms with Crippen molar-refractivity contribution in [3.05, 3.63) is 20.8 Å². The third kappa shape index (κ3) is 1.99. The second kappa shape index (κ2) is 5.05. The van der Waals surface area contributed by atoms with E-state index in [-0.39, 0.29) is 11.2 Å². The van der Waals surface area contributed by atoms with Gasteiger partial charge in [-0.15, -0.1) is 0 Å². The van der Waals surface area contributed by atoms with Gasteiger partial charge >= 0.3 is 5.69 Å². The van der Waals surface area contributed by atoms with Gasteiger partial charge in [-0.2, -0.15) is 4.98 Å². The Morgan fingerprint density at radius 1 is 1.05 bits per heavy atom. The van der Waals surface area contributed by atoms with Crippen LogP contribution in [0.3, 0.4) is 0 Å². The average Bonchev–Trinajstić information content (AvgIpc) is 2.91. The second-order valence-corrected chi connectivity index (χ2v) is 5.58. The van der Waals surface area contributed by atoms with Crippen molar-refractivity contribution in [3.8, 4) is 0 Å². The van der Waals surface area contributed by atoms with Gasteiger partial charge in [-0.25, -0.2) is 4.79 Å². The summed E-state index contributed by atoms with van der Waals surface area (Å²) in [6, 6.07) is 0. The number of nitrogens with zero attached hydrogens (tertiary/aromatic N) is 5. The van der Waals surface area contributed by atoms with E-state index in [0.717, 1.165) is 36.4 Å². The zero-order valence-corrected chi connectivity index (χ0v) is 12.8. The minimum Gasteiger partial charge on any atom is -0.342 e. The molecule has 0 unspecified atom stereocenters. The quantitative estimate of drug-likeness (QED) is 0.805. The Morgan fingerprint density at radius 3 is 2.33 bits per heavy atom. The fourth-order valence-corrected chi connectivity index (χ4v) is 3.07. The predicted octanol–water partition coefficient (Wildman–Crippen LogP) is 0.444. The summed E-state index contributed by atoms with van der Waals surface area (Å²) in [6.07, 6.45) is 3.52. The molecule has 3 rings (SSSR count). The van der Waals surface area contributed by atoms with Crippen molar-refractivity contribution in [3.63, 3.8) is 0 Å². The number of hydrogen-bond donors (Lipinski definition) is 0. The average molecular weight is 291 g/mol. The lowest BCUT2D eigenvalue weighted by molar-refractivity contribution is 0.558. The number of fused-ring (bicyclic) bond motifs is 1. The smallest absolute Gasteiger partial charge is 0.332 e. The van der Waals surface area contributed by atoms with Crippen LogP contribution in [0.5, 0.6) is 0 Å². The van der Waals surface area contributed by atoms with E-state index in [2.05, 4.69) is 9.88 Å². The molecular weight excluding hydrogens is 270 g/mol. The van der Waals surface area contributed by atoms with E-state index >= 15 is 0 Å². The summed E-state index contributed by atoms with van der Waals surface area (Å²) in [5, 5.41) is 0. The molecule has 0 atom stereocenters. The minimum absolute atomic E-state index is 0.272. The molecule has 1 aliphatic rings. The monoisotopic (exact) mass is 291 g/mol. The van der Waals surface area contributed by atoms with Crippen molar-refractivity contribution in [2.45, 2.75) is 32.7 Å². The van der Waals surface area contributed by atoms with Gasteiger partial charge in [-0.1, -0.05) is 0 Å². The van der Waals surface area contributed by atoms with E-state index in [1.807, 2.05) is 11.5 Å². The molecule has 0 amide bonds. The molecule has 3 heterocycles. The highest BCUT2D eigenvalue weighted by atomic mass is 16.2. The summed E-state index contributed by atoms with van der Waals surface area (Å²) in [5.41, 5.74) is 0.386. The third-order valence-electron chi connectivity index (χ3n) is 4.28. The Labute approximate surface area is 122 Å². The normalized spacial score (nSPS) is 15.9. The number of rotatable bonds is 2. The Bertz CT molecular complexity index is 792. The van der Waals surface area contributed by atoms with Crippen molar-refractivity contribution < 1.29 is 0 Å². The van der Waals surface area contributed by atoms with Gasteiger partial charge < -0.3 is 9.47 Å². The number of aromatic nitrogens is 4. The van der Waals surface area contributed by atoms with Crippen LogP contribution in [0.25, 0.3) is 11.2 Å². The van der Waals surface area contributed by atoms with Crippen LogP contribution in [0.1, 0.15) is 26.2 Å². The molecule has 0 aromatic carbocycles. The van der Waals surface area contributed by atoms with Gasteiger partial charge in [0.25, 0.3) is 5.56 Å². The molecule has 0 N–H and O–H groups in total. The first-order valence-electron chi connectivity index (χ1n) is 7.47. The summed E-state index contributed by atoms with van der Waals surface area (Å²) in [7, 11) is 3.18. The molecule has 0 radical (unpaired) electrons. The van der Waals surface area contributed by atoms with Crippen molar-refractivity contribution >= 4 is 17.1 Å². The largest absolute Gasteiger partial charge is 0.342 e. The number of imidazole rings is 1. The predicted molar refractivity (Wildman–Crippen MR) is 82.0 cm³/mol. The molecule has 0 spiro atoms. The van der Waals surface area contributed by atoms with Gasteiger partial charge in [0.1, 0.15) is 0 Å². The summed E-state index contributed by atoms with van der Waals surface area (Å²) < 4.78 is 4.54. The van der Waals surface area contributed by atoms with E-state index < -0.39 is 0 Å². The lowest BCUT2D eigenvalue weighted by Crippen LogP contribution is -2.37. The highest BCUT2D eigenvalue weighted by molar-refractivity contribution is 5.74. The number of hydrogen-bond acceptors (Lipinski definition) is 4. The molecule has 0 bridgehead atoms. The summed E-state index contributed by atoms with van der Waals surface area (Å²) in [6.45, 7) is 4.57. The molecular formula is C14H21N5O2. The van der Waals surface area contributed by atoms with Gasteiger partial charge in [-0.05, 0) is 26.2 Å². The second-order valence-electron chi connectivity index (χ2n) is 5.58. The SMILES string of the molecule is CCn1c(N2CCCCC2)nc2c1c(=O)n(C)c(=O)n2C. The molecule has 2 aromatic rings. The molecule has 7 nitrogen and oxygen atoms in total. The zero-order valence-electron chi connectivity index (χ0n) is 12.8. The van der Waals surface area contributed by atoms with Crippen LogP contribution in [-0.4, -0.2) is 31.8 Å². The summed E-state index contributed by atoms with van der Waals surface area (Å²) >= 11 is 0. The Kier molecular flexibility index (Phi) is 3.35. The van der Waals surface area contributed by atoms with E-state index in [9.17, 15) is 9.59 Å². The topological polar surface area (TPSA) is 65.1 Å². The summed E-state index contributed by atoms with van der Waals surface area (Å²) in [5.74, 6) is 0.811. The molecule has 1 fully saturated rings. The van der Waals surface area contributed by atoms with Crippen LogP contribution in [0.4, 0.5) is 5.95 Å². The molecule has 0 saturated carbocycles. The van der Waals surface area contributed by atoms with E-state index in [4.69, 9.17) is 0 Å². The van der Waals surface area contributed by atoms with Crippen LogP contribution in [0, 0.1) is 0 Å². The van der Waals surface area contributed by atoms with Crippen molar-refractivity contribution in [1.82, 2.24) is 18.7 Å². The molecule has 114 valence electrons. The van der Waals surface area contributed by atoms with Crippen molar-refractivity contribution in [1.29, 1.82) is 0 Å². The first kappa shape index (κ1) is 13.9. The minimum atomic E-state index is -0.335.